The number of amides is 1. The summed E-state index contributed by atoms with van der Waals surface area (Å²) in [5, 5.41) is 9.30. The average Bonchev–Trinajstić information content (AvgIpc) is 3.11. The van der Waals surface area contributed by atoms with Crippen LogP contribution in [0, 0.1) is 0 Å². The zero-order valence-electron chi connectivity index (χ0n) is 17.7. The molecule has 0 radical (unpaired) electrons. The van der Waals surface area contributed by atoms with E-state index in [-0.39, 0.29) is 17.5 Å². The second-order valence-electron chi connectivity index (χ2n) is 8.32. The average molecular weight is 415 g/mol. The summed E-state index contributed by atoms with van der Waals surface area (Å²) in [7, 11) is 1.67. The molecule has 0 bridgehead atoms. The molecule has 2 heterocycles. The molecule has 1 aliphatic rings. The van der Waals surface area contributed by atoms with Crippen LogP contribution >= 0.6 is 0 Å². The quantitative estimate of drug-likeness (QED) is 0.539. The van der Waals surface area contributed by atoms with E-state index in [1.807, 2.05) is 34.9 Å². The highest BCUT2D eigenvalue weighted by Crippen LogP contribution is 2.30. The van der Waals surface area contributed by atoms with Gasteiger partial charge >= 0.3 is 0 Å². The van der Waals surface area contributed by atoms with Crippen LogP contribution in [-0.2, 0) is 24.8 Å². The maximum atomic E-state index is 12.8. The summed E-state index contributed by atoms with van der Waals surface area (Å²) in [4.78, 5) is 25.5. The second kappa shape index (κ2) is 8.02. The number of carbonyl (C=O) groups excluding carboxylic acids is 1. The molecule has 1 amide bonds. The Morgan fingerprint density at radius 3 is 2.84 bits per heavy atom. The van der Waals surface area contributed by atoms with Gasteiger partial charge in [-0.2, -0.15) is 5.10 Å². The second-order valence-corrected chi connectivity index (χ2v) is 8.32. The zero-order valence-corrected chi connectivity index (χ0v) is 17.7. The summed E-state index contributed by atoms with van der Waals surface area (Å²) in [5.74, 6) is 0.0667. The minimum absolute atomic E-state index is 0.0667. The summed E-state index contributed by atoms with van der Waals surface area (Å²) in [5.41, 5.74) is 4.13. The fraction of sp³-hybridized carbons (Fsp3) is 0.320. The van der Waals surface area contributed by atoms with E-state index in [0.717, 1.165) is 35.6 Å². The van der Waals surface area contributed by atoms with E-state index < -0.39 is 0 Å². The van der Waals surface area contributed by atoms with Crippen molar-refractivity contribution in [2.45, 2.75) is 44.7 Å². The molecule has 2 aromatic heterocycles. The number of carbonyl (C=O) groups is 1. The van der Waals surface area contributed by atoms with Crippen molar-refractivity contribution in [1.82, 2.24) is 19.7 Å². The van der Waals surface area contributed by atoms with E-state index in [1.54, 1.807) is 13.2 Å². The number of hydrogen-bond donors (Lipinski definition) is 1. The van der Waals surface area contributed by atoms with Crippen LogP contribution in [0.5, 0.6) is 0 Å². The van der Waals surface area contributed by atoms with Gasteiger partial charge in [-0.1, -0.05) is 42.5 Å². The van der Waals surface area contributed by atoms with Gasteiger partial charge in [-0.25, -0.2) is 4.68 Å². The van der Waals surface area contributed by atoms with Crippen molar-refractivity contribution in [1.29, 1.82) is 0 Å². The third-order valence-electron chi connectivity index (χ3n) is 6.36. The molecule has 1 N–H and O–H groups in total. The third-order valence-corrected chi connectivity index (χ3v) is 6.36. The van der Waals surface area contributed by atoms with Crippen molar-refractivity contribution in [2.75, 3.05) is 0 Å². The normalized spacial score (nSPS) is 15.8. The lowest BCUT2D eigenvalue weighted by atomic mass is 9.87. The summed E-state index contributed by atoms with van der Waals surface area (Å²) in [6, 6.07) is 16.5. The highest BCUT2D eigenvalue weighted by molar-refractivity contribution is 6.07. The van der Waals surface area contributed by atoms with Crippen molar-refractivity contribution < 1.29 is 4.79 Å². The zero-order chi connectivity index (χ0) is 21.4. The molecule has 0 fully saturated rings. The molecular formula is C25H26N4O2. The predicted molar refractivity (Wildman–Crippen MR) is 122 cm³/mol. The Balaban J connectivity index is 1.33. The van der Waals surface area contributed by atoms with Gasteiger partial charge in [0.15, 0.2) is 0 Å². The highest BCUT2D eigenvalue weighted by atomic mass is 16.1. The first-order chi connectivity index (χ1) is 15.1. The van der Waals surface area contributed by atoms with Gasteiger partial charge in [-0.3, -0.25) is 9.59 Å². The first kappa shape index (κ1) is 19.5. The van der Waals surface area contributed by atoms with Gasteiger partial charge in [-0.15, -0.1) is 0 Å². The number of rotatable bonds is 5. The molecule has 0 saturated carbocycles. The van der Waals surface area contributed by atoms with Crippen LogP contribution in [0.4, 0.5) is 0 Å². The standard InChI is InChI=1S/C25H26N4O2/c1-28-25(31)24-20(16-26-28)19-11-4-5-13-22(19)29(24)15-7-14-23(30)27-21-12-6-9-17-8-2-3-10-18(17)21/h2-5,8,10-11,13,16,21H,6-7,9,12,14-15H2,1H3,(H,27,30)/t21-/m1/s1. The SMILES string of the molecule is Cn1ncc2c3ccccc3n(CCCC(=O)N[C@@H]3CCCc4ccccc43)c2c1=O. The van der Waals surface area contributed by atoms with Gasteiger partial charge in [0.1, 0.15) is 5.52 Å². The molecule has 5 rings (SSSR count). The molecule has 0 saturated heterocycles. The molecule has 6 heteroatoms. The molecule has 6 nitrogen and oxygen atoms in total. The molecule has 1 aliphatic carbocycles. The van der Waals surface area contributed by atoms with Crippen LogP contribution in [0.1, 0.15) is 42.9 Å². The Bertz CT molecular complexity index is 1330. The minimum Gasteiger partial charge on any atom is -0.349 e. The third kappa shape index (κ3) is 3.52. The van der Waals surface area contributed by atoms with E-state index >= 15 is 0 Å². The van der Waals surface area contributed by atoms with Gasteiger partial charge in [-0.05, 0) is 42.9 Å². The predicted octanol–water partition coefficient (Wildman–Crippen LogP) is 3.86. The maximum absolute atomic E-state index is 12.8. The number of nitrogens with one attached hydrogen (secondary N) is 1. The Hall–Kier alpha value is -3.41. The lowest BCUT2D eigenvalue weighted by Crippen LogP contribution is -2.31. The number of aromatic nitrogens is 3. The largest absolute Gasteiger partial charge is 0.349 e. The molecule has 0 aliphatic heterocycles. The van der Waals surface area contributed by atoms with Crippen LogP contribution in [0.15, 0.2) is 59.5 Å². The lowest BCUT2D eigenvalue weighted by molar-refractivity contribution is -0.122. The smallest absolute Gasteiger partial charge is 0.291 e. The Kier molecular flexibility index (Phi) is 5.06. The highest BCUT2D eigenvalue weighted by Gasteiger charge is 2.21. The van der Waals surface area contributed by atoms with Crippen molar-refractivity contribution in [3.63, 3.8) is 0 Å². The molecule has 0 unspecified atom stereocenters. The van der Waals surface area contributed by atoms with Crippen molar-refractivity contribution in [2.24, 2.45) is 7.05 Å². The molecule has 2 aromatic carbocycles. The number of fused-ring (bicyclic) bond motifs is 4. The number of hydrogen-bond acceptors (Lipinski definition) is 3. The molecule has 31 heavy (non-hydrogen) atoms. The Morgan fingerprint density at radius 2 is 1.94 bits per heavy atom. The summed E-state index contributed by atoms with van der Waals surface area (Å²) in [6.07, 6.45) is 6.01. The number of aryl methyl sites for hydroxylation is 3. The van der Waals surface area contributed by atoms with Gasteiger partial charge in [0.25, 0.3) is 5.56 Å². The topological polar surface area (TPSA) is 68.9 Å². The monoisotopic (exact) mass is 414 g/mol. The van der Waals surface area contributed by atoms with E-state index in [1.165, 1.54) is 15.8 Å². The van der Waals surface area contributed by atoms with Gasteiger partial charge in [0.2, 0.25) is 5.91 Å². The summed E-state index contributed by atoms with van der Waals surface area (Å²) < 4.78 is 3.41. The van der Waals surface area contributed by atoms with Crippen LogP contribution in [-0.4, -0.2) is 20.3 Å². The molecular weight excluding hydrogens is 388 g/mol. The van der Waals surface area contributed by atoms with Gasteiger partial charge in [0, 0.05) is 36.3 Å². The first-order valence-electron chi connectivity index (χ1n) is 10.9. The maximum Gasteiger partial charge on any atom is 0.291 e. The van der Waals surface area contributed by atoms with Crippen molar-refractivity contribution in [3.05, 3.63) is 76.2 Å². The van der Waals surface area contributed by atoms with Gasteiger partial charge < -0.3 is 9.88 Å². The summed E-state index contributed by atoms with van der Waals surface area (Å²) >= 11 is 0. The molecule has 158 valence electrons. The van der Waals surface area contributed by atoms with E-state index in [0.29, 0.717) is 24.9 Å². The minimum atomic E-state index is -0.114. The number of benzene rings is 2. The van der Waals surface area contributed by atoms with Crippen LogP contribution in [0.25, 0.3) is 21.8 Å². The van der Waals surface area contributed by atoms with Crippen LogP contribution in [0.3, 0.4) is 0 Å². The van der Waals surface area contributed by atoms with Crippen molar-refractivity contribution >= 4 is 27.7 Å². The van der Waals surface area contributed by atoms with Crippen LogP contribution in [0.2, 0.25) is 0 Å². The molecule has 4 aromatic rings. The summed E-state index contributed by atoms with van der Waals surface area (Å²) in [6.45, 7) is 0.609. The number of nitrogens with zero attached hydrogens (tertiary/aromatic N) is 3. The molecule has 1 atom stereocenters. The van der Waals surface area contributed by atoms with E-state index in [9.17, 15) is 9.59 Å². The Morgan fingerprint density at radius 1 is 1.13 bits per heavy atom. The molecule has 0 spiro atoms. The lowest BCUT2D eigenvalue weighted by Gasteiger charge is -2.26. The van der Waals surface area contributed by atoms with E-state index in [2.05, 4.69) is 28.6 Å². The Labute approximate surface area is 180 Å². The van der Waals surface area contributed by atoms with Crippen LogP contribution < -0.4 is 10.9 Å². The van der Waals surface area contributed by atoms with Crippen molar-refractivity contribution in [3.8, 4) is 0 Å². The fourth-order valence-corrected chi connectivity index (χ4v) is 4.84. The fourth-order valence-electron chi connectivity index (χ4n) is 4.84. The van der Waals surface area contributed by atoms with Gasteiger partial charge in [0.05, 0.1) is 12.2 Å². The van der Waals surface area contributed by atoms with E-state index in [4.69, 9.17) is 0 Å². The first-order valence-corrected chi connectivity index (χ1v) is 10.9. The number of para-hydroxylation sites is 1.